The molecule has 176 valence electrons. The van der Waals surface area contributed by atoms with Crippen LogP contribution in [0.2, 0.25) is 5.02 Å². The zero-order valence-corrected chi connectivity index (χ0v) is 19.3. The van der Waals surface area contributed by atoms with Gasteiger partial charge in [-0.2, -0.15) is 0 Å². The third kappa shape index (κ3) is 4.53. The number of anilines is 1. The van der Waals surface area contributed by atoms with Gasteiger partial charge in [0.05, 0.1) is 17.6 Å². The molecule has 35 heavy (non-hydrogen) atoms. The van der Waals surface area contributed by atoms with Crippen LogP contribution in [0, 0.1) is 11.6 Å². The summed E-state index contributed by atoms with van der Waals surface area (Å²) < 4.78 is 64.7. The molecule has 0 spiro atoms. The van der Waals surface area contributed by atoms with Gasteiger partial charge in [-0.25, -0.2) is 22.2 Å². The van der Waals surface area contributed by atoms with E-state index in [4.69, 9.17) is 16.3 Å². The molecule has 7 nitrogen and oxygen atoms in total. The first kappa shape index (κ1) is 22.8. The Balaban J connectivity index is 1.52. The standard InChI is InChI=1S/C24H15ClF2N4O3S/c25-15-6-7-21(17(11-15)20-4-1-5-24-29-9-10-31(20)24)34-22-12-19(27)23(13-18(22)26)35(32,33)30-16-3-2-8-28-14-16/h1-14,30H. The molecule has 0 atom stereocenters. The van der Waals surface area contributed by atoms with E-state index in [-0.39, 0.29) is 11.4 Å². The van der Waals surface area contributed by atoms with E-state index in [0.717, 1.165) is 0 Å². The van der Waals surface area contributed by atoms with Crippen molar-refractivity contribution in [3.05, 3.63) is 102 Å². The highest BCUT2D eigenvalue weighted by Crippen LogP contribution is 2.37. The number of fused-ring (bicyclic) bond motifs is 1. The molecule has 0 fully saturated rings. The number of sulfonamides is 1. The normalized spacial score (nSPS) is 11.5. The number of benzene rings is 2. The molecule has 11 heteroatoms. The highest BCUT2D eigenvalue weighted by Gasteiger charge is 2.24. The highest BCUT2D eigenvalue weighted by atomic mass is 35.5. The summed E-state index contributed by atoms with van der Waals surface area (Å²) in [6.45, 7) is 0. The molecule has 0 aliphatic heterocycles. The molecular formula is C24H15ClF2N4O3S. The Morgan fingerprint density at radius 3 is 2.60 bits per heavy atom. The average Bonchev–Trinajstić information content (AvgIpc) is 3.32. The summed E-state index contributed by atoms with van der Waals surface area (Å²) in [6.07, 6.45) is 6.05. The summed E-state index contributed by atoms with van der Waals surface area (Å²) in [5, 5.41) is 0.402. The number of imidazole rings is 1. The minimum atomic E-state index is -4.42. The quantitative estimate of drug-likeness (QED) is 0.305. The number of pyridine rings is 2. The smallest absolute Gasteiger partial charge is 0.264 e. The summed E-state index contributed by atoms with van der Waals surface area (Å²) in [7, 11) is -4.42. The van der Waals surface area contributed by atoms with Crippen molar-refractivity contribution in [3.8, 4) is 22.8 Å². The first-order chi connectivity index (χ1) is 16.8. The molecule has 0 aliphatic rings. The molecule has 5 aromatic rings. The summed E-state index contributed by atoms with van der Waals surface area (Å²) in [6, 6.07) is 14.2. The molecule has 0 unspecified atom stereocenters. The fourth-order valence-electron chi connectivity index (χ4n) is 3.50. The largest absolute Gasteiger partial charge is 0.453 e. The lowest BCUT2D eigenvalue weighted by molar-refractivity contribution is 0.433. The number of rotatable bonds is 6. The van der Waals surface area contributed by atoms with Gasteiger partial charge in [-0.15, -0.1) is 0 Å². The van der Waals surface area contributed by atoms with Gasteiger partial charge in [0.25, 0.3) is 10.0 Å². The van der Waals surface area contributed by atoms with Crippen molar-refractivity contribution in [3.63, 3.8) is 0 Å². The van der Waals surface area contributed by atoms with E-state index in [1.54, 1.807) is 41.1 Å². The van der Waals surface area contributed by atoms with Gasteiger partial charge in [0.15, 0.2) is 11.6 Å². The van der Waals surface area contributed by atoms with Gasteiger partial charge in [-0.3, -0.25) is 14.1 Å². The second-order valence-electron chi connectivity index (χ2n) is 7.37. The summed E-state index contributed by atoms with van der Waals surface area (Å²) in [4.78, 5) is 7.16. The van der Waals surface area contributed by atoms with Gasteiger partial charge < -0.3 is 4.74 Å². The highest BCUT2D eigenvalue weighted by molar-refractivity contribution is 7.92. The molecule has 3 aromatic heterocycles. The Labute approximate surface area is 203 Å². The number of aromatic nitrogens is 3. The van der Waals surface area contributed by atoms with Crippen molar-refractivity contribution in [2.24, 2.45) is 0 Å². The second-order valence-corrected chi connectivity index (χ2v) is 9.46. The van der Waals surface area contributed by atoms with Crippen LogP contribution < -0.4 is 9.46 Å². The van der Waals surface area contributed by atoms with E-state index in [9.17, 15) is 17.2 Å². The lowest BCUT2D eigenvalue weighted by atomic mass is 10.1. The van der Waals surface area contributed by atoms with E-state index in [1.165, 1.54) is 30.6 Å². The Morgan fingerprint density at radius 2 is 1.80 bits per heavy atom. The van der Waals surface area contributed by atoms with Crippen molar-refractivity contribution in [2.75, 3.05) is 4.72 Å². The van der Waals surface area contributed by atoms with Crippen LogP contribution in [0.5, 0.6) is 11.5 Å². The summed E-state index contributed by atoms with van der Waals surface area (Å²) in [5.74, 6) is -2.58. The van der Waals surface area contributed by atoms with Crippen LogP contribution in [-0.2, 0) is 10.0 Å². The Kier molecular flexibility index (Phi) is 5.83. The number of nitrogens with one attached hydrogen (secondary N) is 1. The van der Waals surface area contributed by atoms with Crippen molar-refractivity contribution in [1.82, 2.24) is 14.4 Å². The Morgan fingerprint density at radius 1 is 0.943 bits per heavy atom. The molecule has 3 heterocycles. The van der Waals surface area contributed by atoms with Crippen LogP contribution in [0.25, 0.3) is 16.9 Å². The van der Waals surface area contributed by atoms with Crippen LogP contribution in [0.3, 0.4) is 0 Å². The third-order valence-electron chi connectivity index (χ3n) is 5.06. The van der Waals surface area contributed by atoms with Crippen LogP contribution in [0.15, 0.2) is 90.3 Å². The number of halogens is 3. The minimum Gasteiger partial charge on any atom is -0.453 e. The second kappa shape index (κ2) is 8.97. The van der Waals surface area contributed by atoms with Crippen molar-refractivity contribution in [2.45, 2.75) is 4.90 Å². The topological polar surface area (TPSA) is 85.6 Å². The SMILES string of the molecule is O=S(=O)(Nc1cccnc1)c1cc(F)c(Oc2ccc(Cl)cc2-c2cccc3nccn23)cc1F. The molecule has 5 rings (SSSR count). The molecule has 0 bridgehead atoms. The van der Waals surface area contributed by atoms with Gasteiger partial charge in [0, 0.05) is 41.3 Å². The van der Waals surface area contributed by atoms with E-state index >= 15 is 0 Å². The van der Waals surface area contributed by atoms with Crippen LogP contribution >= 0.6 is 11.6 Å². The van der Waals surface area contributed by atoms with E-state index in [2.05, 4.69) is 14.7 Å². The molecule has 0 aliphatic carbocycles. The van der Waals surface area contributed by atoms with Crippen LogP contribution in [0.1, 0.15) is 0 Å². The molecular weight excluding hydrogens is 498 g/mol. The van der Waals surface area contributed by atoms with Gasteiger partial charge >= 0.3 is 0 Å². The number of hydrogen-bond acceptors (Lipinski definition) is 5. The molecule has 2 aromatic carbocycles. The van der Waals surface area contributed by atoms with Gasteiger partial charge in [-0.05, 0) is 42.5 Å². The summed E-state index contributed by atoms with van der Waals surface area (Å²) >= 11 is 6.20. The average molecular weight is 513 g/mol. The van der Waals surface area contributed by atoms with Gasteiger partial charge in [0.2, 0.25) is 0 Å². The van der Waals surface area contributed by atoms with Gasteiger partial charge in [0.1, 0.15) is 22.1 Å². The van der Waals surface area contributed by atoms with E-state index in [1.807, 2.05) is 6.07 Å². The lowest BCUT2D eigenvalue weighted by Crippen LogP contribution is -2.15. The number of nitrogens with zero attached hydrogens (tertiary/aromatic N) is 3. The fourth-order valence-corrected chi connectivity index (χ4v) is 4.79. The number of hydrogen-bond donors (Lipinski definition) is 1. The maximum absolute atomic E-state index is 15.0. The van der Waals surface area contributed by atoms with Gasteiger partial charge in [-0.1, -0.05) is 17.7 Å². The maximum atomic E-state index is 15.0. The summed E-state index contributed by atoms with van der Waals surface area (Å²) in [5.41, 5.74) is 1.92. The minimum absolute atomic E-state index is 0.104. The Bertz CT molecular complexity index is 1660. The molecule has 0 saturated heterocycles. The first-order valence-electron chi connectivity index (χ1n) is 10.1. The maximum Gasteiger partial charge on any atom is 0.264 e. The third-order valence-corrected chi connectivity index (χ3v) is 6.69. The monoisotopic (exact) mass is 512 g/mol. The predicted molar refractivity (Wildman–Crippen MR) is 127 cm³/mol. The number of ether oxygens (including phenoxy) is 1. The van der Waals surface area contributed by atoms with Crippen molar-refractivity contribution < 1.29 is 21.9 Å². The lowest BCUT2D eigenvalue weighted by Gasteiger charge is -2.15. The van der Waals surface area contributed by atoms with Crippen molar-refractivity contribution >= 4 is 33.0 Å². The van der Waals surface area contributed by atoms with E-state index < -0.39 is 32.3 Å². The Hall–Kier alpha value is -4.02. The van der Waals surface area contributed by atoms with E-state index in [0.29, 0.717) is 34.1 Å². The van der Waals surface area contributed by atoms with Crippen LogP contribution in [-0.4, -0.2) is 22.8 Å². The molecule has 1 N–H and O–H groups in total. The fraction of sp³-hybridized carbons (Fsp3) is 0. The van der Waals surface area contributed by atoms with Crippen molar-refractivity contribution in [1.29, 1.82) is 0 Å². The first-order valence-corrected chi connectivity index (χ1v) is 12.0. The molecule has 0 radical (unpaired) electrons. The molecule has 0 amide bonds. The zero-order chi connectivity index (χ0) is 24.6. The predicted octanol–water partition coefficient (Wildman–Crippen LogP) is 5.92. The van der Waals surface area contributed by atoms with Crippen LogP contribution in [0.4, 0.5) is 14.5 Å². The zero-order valence-electron chi connectivity index (χ0n) is 17.7. The molecule has 0 saturated carbocycles.